The van der Waals surface area contributed by atoms with Gasteiger partial charge in [-0.3, -0.25) is 0 Å². The Balaban J connectivity index is 1.90. The van der Waals surface area contributed by atoms with Crippen LogP contribution in [-0.4, -0.2) is 0 Å². The lowest BCUT2D eigenvalue weighted by Crippen LogP contribution is -1.81. The Hall–Kier alpha value is -2.08. The predicted molar refractivity (Wildman–Crippen MR) is 110 cm³/mol. The summed E-state index contributed by atoms with van der Waals surface area (Å²) in [5.74, 6) is 5.47. The topological polar surface area (TPSA) is 0 Å². The second-order valence-electron chi connectivity index (χ2n) is 4.95. The van der Waals surface area contributed by atoms with Crippen molar-refractivity contribution in [2.75, 3.05) is 0 Å². The third-order valence-corrected chi connectivity index (χ3v) is 7.58. The first-order valence-electron chi connectivity index (χ1n) is 7.07. The lowest BCUT2D eigenvalue weighted by atomic mass is 10.0. The molecule has 0 saturated heterocycles. The molecule has 0 bridgehead atoms. The summed E-state index contributed by atoms with van der Waals surface area (Å²) in [7, 11) is 0. The molecule has 4 rings (SSSR count). The van der Waals surface area contributed by atoms with Crippen LogP contribution in [0.5, 0.6) is 0 Å². The van der Waals surface area contributed by atoms with E-state index < -0.39 is 0 Å². The molecule has 0 saturated carbocycles. The fraction of sp³-hybridized carbons (Fsp3) is 0. The highest BCUT2D eigenvalue weighted by molar-refractivity contribution is 7.21. The minimum Gasteiger partial charge on any atom is -0.143 e. The van der Waals surface area contributed by atoms with Gasteiger partial charge in [0.05, 0.1) is 20.9 Å². The Morgan fingerprint density at radius 2 is 1.46 bits per heavy atom. The molecule has 0 aliphatic rings. The summed E-state index contributed by atoms with van der Waals surface area (Å²) in [6, 6.07) is 8.60. The van der Waals surface area contributed by atoms with Crippen molar-refractivity contribution in [2.24, 2.45) is 0 Å². The van der Waals surface area contributed by atoms with Crippen molar-refractivity contribution in [3.05, 3.63) is 56.9 Å². The molecule has 4 aromatic heterocycles. The summed E-state index contributed by atoms with van der Waals surface area (Å²) < 4.78 is 0. The van der Waals surface area contributed by atoms with Crippen LogP contribution in [0.25, 0.3) is 30.6 Å². The number of rotatable bonds is 3. The maximum absolute atomic E-state index is 5.72. The van der Waals surface area contributed by atoms with Gasteiger partial charge in [-0.15, -0.1) is 58.2 Å². The predicted octanol–water partition coefficient (Wildman–Crippen LogP) is 6.90. The molecule has 4 heteroatoms. The first kappa shape index (κ1) is 15.4. The van der Waals surface area contributed by atoms with Gasteiger partial charge in [0.1, 0.15) is 0 Å². The Kier molecular flexibility index (Phi) is 4.14. The van der Waals surface area contributed by atoms with Gasteiger partial charge >= 0.3 is 0 Å². The SMILES string of the molecule is C#Cc1csc(-c2ccsc2-c2ccsc2-c2cccs2)c1C#C. The van der Waals surface area contributed by atoms with E-state index >= 15 is 0 Å². The minimum absolute atomic E-state index is 0.804. The van der Waals surface area contributed by atoms with Gasteiger partial charge in [0.25, 0.3) is 0 Å². The number of hydrogen-bond donors (Lipinski definition) is 0. The second kappa shape index (κ2) is 6.43. The normalized spacial score (nSPS) is 10.4. The van der Waals surface area contributed by atoms with E-state index in [1.807, 2.05) is 5.38 Å². The minimum atomic E-state index is 0.804. The zero-order valence-corrected chi connectivity index (χ0v) is 15.7. The first-order chi connectivity index (χ1) is 11.8. The van der Waals surface area contributed by atoms with Gasteiger partial charge in [-0.25, -0.2) is 0 Å². The number of thiophene rings is 4. The Morgan fingerprint density at radius 1 is 0.708 bits per heavy atom. The summed E-state index contributed by atoms with van der Waals surface area (Å²) in [6.45, 7) is 0. The standard InChI is InChI=1S/C20H10S4/c1-3-13-12-24-18(14(13)4-2)15-7-10-22-19(15)16-8-11-23-20(16)17-6-5-9-21-17/h1-2,5-12H. The molecular formula is C20H10S4. The Bertz CT molecular complexity index is 1070. The Labute approximate surface area is 157 Å². The number of hydrogen-bond acceptors (Lipinski definition) is 4. The molecule has 0 aliphatic heterocycles. The lowest BCUT2D eigenvalue weighted by Gasteiger charge is -2.04. The van der Waals surface area contributed by atoms with E-state index in [4.69, 9.17) is 12.8 Å². The molecule has 0 nitrogen and oxygen atoms in total. The second-order valence-corrected chi connectivity index (χ2v) is 8.61. The third-order valence-electron chi connectivity index (χ3n) is 3.66. The highest BCUT2D eigenvalue weighted by Crippen LogP contribution is 2.47. The molecule has 4 heterocycles. The third kappa shape index (κ3) is 2.45. The van der Waals surface area contributed by atoms with Crippen molar-refractivity contribution in [2.45, 2.75) is 0 Å². The van der Waals surface area contributed by atoms with Crippen LogP contribution in [0, 0.1) is 24.7 Å². The van der Waals surface area contributed by atoms with E-state index in [1.165, 1.54) is 25.8 Å². The van der Waals surface area contributed by atoms with E-state index in [9.17, 15) is 0 Å². The van der Waals surface area contributed by atoms with E-state index in [0.717, 1.165) is 16.0 Å². The van der Waals surface area contributed by atoms with Crippen molar-refractivity contribution in [1.82, 2.24) is 0 Å². The summed E-state index contributed by atoms with van der Waals surface area (Å²) in [5.41, 5.74) is 4.08. The molecule has 24 heavy (non-hydrogen) atoms. The van der Waals surface area contributed by atoms with Crippen molar-refractivity contribution >= 4 is 45.3 Å². The van der Waals surface area contributed by atoms with Crippen LogP contribution in [0.2, 0.25) is 0 Å². The molecular weight excluding hydrogens is 368 g/mol. The zero-order chi connectivity index (χ0) is 16.5. The molecule has 0 N–H and O–H groups in total. The molecule has 0 atom stereocenters. The van der Waals surface area contributed by atoms with Crippen LogP contribution in [0.3, 0.4) is 0 Å². The van der Waals surface area contributed by atoms with Crippen LogP contribution in [0.4, 0.5) is 0 Å². The summed E-state index contributed by atoms with van der Waals surface area (Å²) in [4.78, 5) is 4.95. The molecule has 0 aromatic carbocycles. The average Bonchev–Trinajstić information content (AvgIpc) is 3.39. The highest BCUT2D eigenvalue weighted by Gasteiger charge is 2.19. The summed E-state index contributed by atoms with van der Waals surface area (Å²) in [6.07, 6.45) is 11.3. The summed E-state index contributed by atoms with van der Waals surface area (Å²) in [5, 5.41) is 8.36. The van der Waals surface area contributed by atoms with Crippen LogP contribution in [0.15, 0.2) is 45.8 Å². The molecule has 114 valence electrons. The monoisotopic (exact) mass is 378 g/mol. The van der Waals surface area contributed by atoms with Gasteiger partial charge in [0.15, 0.2) is 0 Å². The molecule has 0 unspecified atom stereocenters. The molecule has 0 spiro atoms. The quantitative estimate of drug-likeness (QED) is 0.340. The van der Waals surface area contributed by atoms with Crippen LogP contribution < -0.4 is 0 Å². The van der Waals surface area contributed by atoms with Crippen molar-refractivity contribution in [1.29, 1.82) is 0 Å². The van der Waals surface area contributed by atoms with Gasteiger partial charge in [-0.05, 0) is 34.3 Å². The van der Waals surface area contributed by atoms with Gasteiger partial charge < -0.3 is 0 Å². The van der Waals surface area contributed by atoms with E-state index in [0.29, 0.717) is 0 Å². The maximum Gasteiger partial charge on any atom is 0.0586 e. The first-order valence-corrected chi connectivity index (χ1v) is 10.6. The van der Waals surface area contributed by atoms with Crippen molar-refractivity contribution in [3.63, 3.8) is 0 Å². The Morgan fingerprint density at radius 3 is 2.12 bits per heavy atom. The lowest BCUT2D eigenvalue weighted by molar-refractivity contribution is 1.73. The van der Waals surface area contributed by atoms with Gasteiger partial charge in [0.2, 0.25) is 0 Å². The van der Waals surface area contributed by atoms with Gasteiger partial charge in [0, 0.05) is 26.3 Å². The van der Waals surface area contributed by atoms with Gasteiger partial charge in [-0.2, -0.15) is 0 Å². The van der Waals surface area contributed by atoms with Crippen molar-refractivity contribution < 1.29 is 0 Å². The molecule has 0 amide bonds. The van der Waals surface area contributed by atoms with E-state index in [2.05, 4.69) is 52.2 Å². The van der Waals surface area contributed by atoms with Crippen LogP contribution in [-0.2, 0) is 0 Å². The van der Waals surface area contributed by atoms with Crippen LogP contribution in [0.1, 0.15) is 11.1 Å². The summed E-state index contributed by atoms with van der Waals surface area (Å²) >= 11 is 6.92. The molecule has 0 radical (unpaired) electrons. The zero-order valence-electron chi connectivity index (χ0n) is 12.4. The van der Waals surface area contributed by atoms with Crippen molar-refractivity contribution in [3.8, 4) is 55.3 Å². The average molecular weight is 379 g/mol. The molecule has 0 fully saturated rings. The maximum atomic E-state index is 5.72. The van der Waals surface area contributed by atoms with E-state index in [-0.39, 0.29) is 0 Å². The fourth-order valence-corrected chi connectivity index (χ4v) is 6.45. The smallest absolute Gasteiger partial charge is 0.0586 e. The largest absolute Gasteiger partial charge is 0.143 e. The van der Waals surface area contributed by atoms with Crippen LogP contribution >= 0.6 is 45.3 Å². The molecule has 0 aliphatic carbocycles. The number of terminal acetylenes is 2. The highest BCUT2D eigenvalue weighted by atomic mass is 32.1. The van der Waals surface area contributed by atoms with E-state index in [1.54, 1.807) is 45.3 Å². The van der Waals surface area contributed by atoms with Gasteiger partial charge in [-0.1, -0.05) is 17.9 Å². The molecule has 4 aromatic rings. The fourth-order valence-electron chi connectivity index (χ4n) is 2.59.